The number of aryl methyl sites for hydroxylation is 1. The van der Waals surface area contributed by atoms with E-state index in [2.05, 4.69) is 11.8 Å². The number of ether oxygens (including phenoxy) is 3. The lowest BCUT2D eigenvalue weighted by atomic mass is 9.97. The first-order valence-electron chi connectivity index (χ1n) is 10.8. The second-order valence-corrected chi connectivity index (χ2v) is 7.69. The Morgan fingerprint density at radius 3 is 2.60 bits per heavy atom. The highest BCUT2D eigenvalue weighted by atomic mass is 16.5. The minimum atomic E-state index is -0.0463. The van der Waals surface area contributed by atoms with Gasteiger partial charge in [0.1, 0.15) is 18.1 Å². The largest absolute Gasteiger partial charge is 0.493 e. The fourth-order valence-electron chi connectivity index (χ4n) is 4.30. The average molecular weight is 411 g/mol. The van der Waals surface area contributed by atoms with Gasteiger partial charge in [0.15, 0.2) is 5.78 Å². The zero-order valence-electron chi connectivity index (χ0n) is 17.8. The van der Waals surface area contributed by atoms with Crippen molar-refractivity contribution in [3.63, 3.8) is 0 Å². The standard InChI is InChI=1S/C24H30N2O4/c1-3-6-16-15-19(29-4-2)21-20-17(24(27)22(21)23(16)25)7-5-8-18(20)30-14-11-26-9-12-28-13-10-26/h5,7-8,15H,3-4,6,9-14,25H2,1-2H3. The highest BCUT2D eigenvalue weighted by molar-refractivity contribution is 6.26. The van der Waals surface area contributed by atoms with Gasteiger partial charge in [0.25, 0.3) is 0 Å². The van der Waals surface area contributed by atoms with Crippen molar-refractivity contribution in [3.05, 3.63) is 41.0 Å². The maximum Gasteiger partial charge on any atom is 0.196 e. The molecular formula is C24H30N2O4. The monoisotopic (exact) mass is 410 g/mol. The Labute approximate surface area is 177 Å². The molecule has 0 bridgehead atoms. The van der Waals surface area contributed by atoms with Gasteiger partial charge < -0.3 is 19.9 Å². The third kappa shape index (κ3) is 3.77. The van der Waals surface area contributed by atoms with Crippen LogP contribution in [0.25, 0.3) is 11.1 Å². The van der Waals surface area contributed by atoms with Crippen molar-refractivity contribution in [2.45, 2.75) is 26.7 Å². The van der Waals surface area contributed by atoms with E-state index in [1.807, 2.05) is 31.2 Å². The Balaban J connectivity index is 1.69. The molecule has 1 aliphatic carbocycles. The minimum absolute atomic E-state index is 0.0463. The first-order chi connectivity index (χ1) is 14.7. The maximum absolute atomic E-state index is 13.3. The molecule has 2 aromatic carbocycles. The molecule has 0 radical (unpaired) electrons. The van der Waals surface area contributed by atoms with Gasteiger partial charge in [-0.25, -0.2) is 0 Å². The van der Waals surface area contributed by atoms with Gasteiger partial charge in [-0.2, -0.15) is 0 Å². The lowest BCUT2D eigenvalue weighted by Crippen LogP contribution is -2.38. The van der Waals surface area contributed by atoms with Crippen LogP contribution in [0.2, 0.25) is 0 Å². The number of hydrogen-bond acceptors (Lipinski definition) is 6. The summed E-state index contributed by atoms with van der Waals surface area (Å²) in [5.74, 6) is 1.37. The number of rotatable bonds is 8. The maximum atomic E-state index is 13.3. The van der Waals surface area contributed by atoms with E-state index in [1.165, 1.54) is 0 Å². The van der Waals surface area contributed by atoms with Crippen LogP contribution in [0.5, 0.6) is 11.5 Å². The van der Waals surface area contributed by atoms with Crippen LogP contribution in [0.1, 0.15) is 41.8 Å². The topological polar surface area (TPSA) is 74.0 Å². The van der Waals surface area contributed by atoms with Crippen LogP contribution in [0, 0.1) is 0 Å². The van der Waals surface area contributed by atoms with Crippen molar-refractivity contribution < 1.29 is 19.0 Å². The molecule has 6 heteroatoms. The Hall–Kier alpha value is -2.57. The predicted octanol–water partition coefficient (Wildman–Crippen LogP) is 3.54. The lowest BCUT2D eigenvalue weighted by Gasteiger charge is -2.26. The van der Waals surface area contributed by atoms with E-state index in [0.29, 0.717) is 41.5 Å². The summed E-state index contributed by atoms with van der Waals surface area (Å²) in [5.41, 5.74) is 10.8. The number of nitrogens with two attached hydrogens (primary N) is 1. The highest BCUT2D eigenvalue weighted by Crippen LogP contribution is 2.50. The molecule has 1 aliphatic heterocycles. The van der Waals surface area contributed by atoms with Crippen LogP contribution < -0.4 is 15.2 Å². The van der Waals surface area contributed by atoms with E-state index in [0.717, 1.165) is 62.4 Å². The number of nitrogens with zero attached hydrogens (tertiary/aromatic N) is 1. The Bertz CT molecular complexity index is 935. The van der Waals surface area contributed by atoms with E-state index < -0.39 is 0 Å². The number of ketones is 1. The molecule has 0 spiro atoms. The first kappa shape index (κ1) is 20.7. The number of morpholine rings is 1. The number of nitrogen functional groups attached to an aromatic ring is 1. The normalized spacial score (nSPS) is 15.7. The first-order valence-corrected chi connectivity index (χ1v) is 10.8. The van der Waals surface area contributed by atoms with E-state index in [1.54, 1.807) is 0 Å². The number of anilines is 1. The lowest BCUT2D eigenvalue weighted by molar-refractivity contribution is 0.0323. The van der Waals surface area contributed by atoms with Crippen LogP contribution in [0.4, 0.5) is 5.69 Å². The molecule has 0 atom stereocenters. The molecule has 2 aromatic rings. The van der Waals surface area contributed by atoms with Gasteiger partial charge in [0.05, 0.1) is 25.4 Å². The molecule has 0 amide bonds. The number of benzene rings is 2. The van der Waals surface area contributed by atoms with Crippen LogP contribution in [-0.4, -0.2) is 56.7 Å². The number of carbonyl (C=O) groups excluding carboxylic acids is 1. The summed E-state index contributed by atoms with van der Waals surface area (Å²) in [5, 5.41) is 0. The third-order valence-electron chi connectivity index (χ3n) is 5.75. The minimum Gasteiger partial charge on any atom is -0.493 e. The fraction of sp³-hybridized carbons (Fsp3) is 0.458. The second kappa shape index (κ2) is 9.06. The third-order valence-corrected chi connectivity index (χ3v) is 5.75. The van der Waals surface area contributed by atoms with Crippen LogP contribution in [-0.2, 0) is 11.2 Å². The second-order valence-electron chi connectivity index (χ2n) is 7.69. The number of hydrogen-bond donors (Lipinski definition) is 1. The van der Waals surface area contributed by atoms with Crippen molar-refractivity contribution in [1.82, 2.24) is 4.90 Å². The van der Waals surface area contributed by atoms with E-state index in [-0.39, 0.29) is 5.78 Å². The Morgan fingerprint density at radius 1 is 1.07 bits per heavy atom. The van der Waals surface area contributed by atoms with E-state index in [9.17, 15) is 4.79 Å². The molecule has 2 aliphatic rings. The summed E-state index contributed by atoms with van der Waals surface area (Å²) < 4.78 is 17.5. The molecule has 0 saturated carbocycles. The molecule has 1 fully saturated rings. The molecule has 4 rings (SSSR count). The molecule has 1 saturated heterocycles. The van der Waals surface area contributed by atoms with Crippen molar-refractivity contribution in [1.29, 1.82) is 0 Å². The summed E-state index contributed by atoms with van der Waals surface area (Å²) in [6.45, 7) is 9.31. The van der Waals surface area contributed by atoms with Gasteiger partial charge >= 0.3 is 0 Å². The molecule has 30 heavy (non-hydrogen) atoms. The Kier molecular flexibility index (Phi) is 6.25. The van der Waals surface area contributed by atoms with Crippen molar-refractivity contribution in [2.75, 3.05) is 51.8 Å². The van der Waals surface area contributed by atoms with E-state index >= 15 is 0 Å². The summed E-state index contributed by atoms with van der Waals surface area (Å²) in [6, 6.07) is 7.64. The summed E-state index contributed by atoms with van der Waals surface area (Å²) >= 11 is 0. The molecule has 160 valence electrons. The zero-order chi connectivity index (χ0) is 21.1. The quantitative estimate of drug-likeness (QED) is 0.573. The van der Waals surface area contributed by atoms with Crippen LogP contribution in [0.3, 0.4) is 0 Å². The van der Waals surface area contributed by atoms with Crippen molar-refractivity contribution >= 4 is 11.5 Å². The number of fused-ring (bicyclic) bond motifs is 3. The molecule has 6 nitrogen and oxygen atoms in total. The average Bonchev–Trinajstić information content (AvgIpc) is 3.06. The van der Waals surface area contributed by atoms with Gasteiger partial charge in [-0.1, -0.05) is 25.5 Å². The molecule has 0 aromatic heterocycles. The van der Waals surface area contributed by atoms with Crippen LogP contribution >= 0.6 is 0 Å². The summed E-state index contributed by atoms with van der Waals surface area (Å²) in [6.07, 6.45) is 1.76. The van der Waals surface area contributed by atoms with Gasteiger partial charge in [-0.05, 0) is 31.0 Å². The SMILES string of the molecule is CCCc1cc(OCC)c2c(c1N)C(=O)c1cccc(OCCN3CCOCC3)c1-2. The van der Waals surface area contributed by atoms with Crippen LogP contribution in [0.15, 0.2) is 24.3 Å². The Morgan fingerprint density at radius 2 is 1.87 bits per heavy atom. The smallest absolute Gasteiger partial charge is 0.196 e. The van der Waals surface area contributed by atoms with Gasteiger partial charge in [-0.3, -0.25) is 9.69 Å². The summed E-state index contributed by atoms with van der Waals surface area (Å²) in [4.78, 5) is 15.6. The van der Waals surface area contributed by atoms with Crippen molar-refractivity contribution in [2.24, 2.45) is 0 Å². The molecular weight excluding hydrogens is 380 g/mol. The molecule has 2 N–H and O–H groups in total. The predicted molar refractivity (Wildman–Crippen MR) is 118 cm³/mol. The highest BCUT2D eigenvalue weighted by Gasteiger charge is 2.35. The van der Waals surface area contributed by atoms with Gasteiger partial charge in [-0.15, -0.1) is 0 Å². The number of carbonyl (C=O) groups is 1. The fourth-order valence-corrected chi connectivity index (χ4v) is 4.30. The molecule has 0 unspecified atom stereocenters. The summed E-state index contributed by atoms with van der Waals surface area (Å²) in [7, 11) is 0. The van der Waals surface area contributed by atoms with Gasteiger partial charge in [0, 0.05) is 42.0 Å². The van der Waals surface area contributed by atoms with Crippen molar-refractivity contribution in [3.8, 4) is 22.6 Å². The zero-order valence-corrected chi connectivity index (χ0v) is 17.8. The van der Waals surface area contributed by atoms with E-state index in [4.69, 9.17) is 19.9 Å². The molecule has 1 heterocycles. The van der Waals surface area contributed by atoms with Gasteiger partial charge in [0.2, 0.25) is 0 Å².